The minimum atomic E-state index is -0.881. The average molecular weight is 375 g/mol. The molecule has 0 amide bonds. The zero-order chi connectivity index (χ0) is 13.8. The number of carboxylic acids is 1. The summed E-state index contributed by atoms with van der Waals surface area (Å²) < 4.78 is 8.00. The van der Waals surface area contributed by atoms with Gasteiger partial charge in [0.25, 0.3) is 0 Å². The molecule has 1 aliphatic heterocycles. The van der Waals surface area contributed by atoms with Crippen LogP contribution < -0.4 is 0 Å². The maximum Gasteiger partial charge on any atom is 0.335 e. The molecule has 1 heterocycles. The Balaban J connectivity index is 2.11. The molecular weight excluding hydrogens is 357 g/mol. The lowest BCUT2D eigenvalue weighted by Crippen LogP contribution is -2.34. The highest BCUT2D eigenvalue weighted by atomic mass is 127. The fraction of sp³-hybridized carbons (Fsp3) is 0.500. The number of carboxylic acid groups (broad SMARTS) is 1. The third-order valence-electron chi connectivity index (χ3n) is 3.43. The van der Waals surface area contributed by atoms with Crippen LogP contribution in [-0.2, 0) is 4.74 Å². The van der Waals surface area contributed by atoms with Gasteiger partial charge < -0.3 is 9.84 Å². The van der Waals surface area contributed by atoms with Gasteiger partial charge in [-0.25, -0.2) is 7.91 Å². The molecule has 1 N–H and O–H groups in total. The standard InChI is InChI=1S/C14H18INO3/c1-2-19-12-7-8-16(15)13(9-12)10-3-5-11(6-4-10)14(17)18/h3-6,12-13H,2,7-9H2,1H3,(H,17,18)/t12-,13-/m0/s1. The van der Waals surface area contributed by atoms with Gasteiger partial charge in [-0.15, -0.1) is 0 Å². The Labute approximate surface area is 127 Å². The van der Waals surface area contributed by atoms with Crippen LogP contribution in [0.5, 0.6) is 0 Å². The molecule has 2 atom stereocenters. The second-order valence-corrected chi connectivity index (χ2v) is 5.91. The number of hydrogen-bond donors (Lipinski definition) is 1. The summed E-state index contributed by atoms with van der Waals surface area (Å²) in [5.41, 5.74) is 1.49. The second-order valence-electron chi connectivity index (χ2n) is 4.67. The third-order valence-corrected chi connectivity index (χ3v) is 4.59. The highest BCUT2D eigenvalue weighted by Gasteiger charge is 2.28. The Morgan fingerprint density at radius 1 is 1.47 bits per heavy atom. The van der Waals surface area contributed by atoms with Gasteiger partial charge in [0, 0.05) is 42.1 Å². The molecule has 2 rings (SSSR count). The predicted molar refractivity (Wildman–Crippen MR) is 81.5 cm³/mol. The highest BCUT2D eigenvalue weighted by Crippen LogP contribution is 2.34. The molecule has 4 nitrogen and oxygen atoms in total. The normalized spacial score (nSPS) is 24.3. The summed E-state index contributed by atoms with van der Waals surface area (Å²) in [7, 11) is 0. The predicted octanol–water partition coefficient (Wildman–Crippen LogP) is 3.28. The Morgan fingerprint density at radius 2 is 2.16 bits per heavy atom. The van der Waals surface area contributed by atoms with Crippen LogP contribution in [0, 0.1) is 0 Å². The van der Waals surface area contributed by atoms with Gasteiger partial charge in [-0.3, -0.25) is 0 Å². The summed E-state index contributed by atoms with van der Waals surface area (Å²) in [5, 5.41) is 8.92. The van der Waals surface area contributed by atoms with Crippen LogP contribution in [-0.4, -0.2) is 33.4 Å². The summed E-state index contributed by atoms with van der Waals surface area (Å²) in [6, 6.07) is 7.47. The maximum atomic E-state index is 10.9. The van der Waals surface area contributed by atoms with E-state index in [1.54, 1.807) is 12.1 Å². The van der Waals surface area contributed by atoms with Gasteiger partial charge in [0.15, 0.2) is 0 Å². The number of hydrogen-bond acceptors (Lipinski definition) is 3. The van der Waals surface area contributed by atoms with Crippen LogP contribution in [0.4, 0.5) is 0 Å². The van der Waals surface area contributed by atoms with E-state index in [0.717, 1.165) is 31.6 Å². The first-order valence-corrected chi connectivity index (χ1v) is 7.45. The number of ether oxygens (including phenoxy) is 1. The Bertz CT molecular complexity index is 435. The van der Waals surface area contributed by atoms with E-state index in [0.29, 0.717) is 17.7 Å². The van der Waals surface area contributed by atoms with E-state index in [9.17, 15) is 4.79 Å². The van der Waals surface area contributed by atoms with Gasteiger partial charge in [-0.2, -0.15) is 0 Å². The fourth-order valence-electron chi connectivity index (χ4n) is 2.44. The fourth-order valence-corrected chi connectivity index (χ4v) is 3.26. The number of piperidine rings is 1. The van der Waals surface area contributed by atoms with Gasteiger partial charge in [0.05, 0.1) is 11.7 Å². The minimum absolute atomic E-state index is 0.300. The van der Waals surface area contributed by atoms with E-state index >= 15 is 0 Å². The molecule has 5 heteroatoms. The molecular formula is C14H18INO3. The van der Waals surface area contributed by atoms with E-state index in [4.69, 9.17) is 9.84 Å². The second kappa shape index (κ2) is 6.67. The van der Waals surface area contributed by atoms with Crippen molar-refractivity contribution in [3.8, 4) is 0 Å². The molecule has 0 aliphatic carbocycles. The zero-order valence-corrected chi connectivity index (χ0v) is 13.0. The maximum absolute atomic E-state index is 10.9. The Morgan fingerprint density at radius 3 is 2.74 bits per heavy atom. The number of rotatable bonds is 4. The lowest BCUT2D eigenvalue weighted by molar-refractivity contribution is 0.0164. The van der Waals surface area contributed by atoms with E-state index in [-0.39, 0.29) is 0 Å². The molecule has 0 bridgehead atoms. The van der Waals surface area contributed by atoms with Gasteiger partial charge in [-0.1, -0.05) is 12.1 Å². The topological polar surface area (TPSA) is 49.8 Å². The summed E-state index contributed by atoms with van der Waals surface area (Å²) in [6.45, 7) is 3.76. The van der Waals surface area contributed by atoms with E-state index in [2.05, 4.69) is 26.0 Å². The molecule has 0 radical (unpaired) electrons. The zero-order valence-electron chi connectivity index (χ0n) is 10.9. The van der Waals surface area contributed by atoms with Crippen molar-refractivity contribution in [2.75, 3.05) is 13.2 Å². The van der Waals surface area contributed by atoms with Crippen molar-refractivity contribution in [1.29, 1.82) is 0 Å². The molecule has 0 unspecified atom stereocenters. The molecule has 1 aromatic rings. The summed E-state index contributed by atoms with van der Waals surface area (Å²) >= 11 is 2.34. The van der Waals surface area contributed by atoms with Crippen LogP contribution >= 0.6 is 22.9 Å². The molecule has 104 valence electrons. The molecule has 1 fully saturated rings. The molecule has 0 spiro atoms. The Kier molecular flexibility index (Phi) is 5.18. The lowest BCUT2D eigenvalue weighted by Gasteiger charge is -2.35. The SMILES string of the molecule is CCO[C@H]1CCN(I)[C@H](c2ccc(C(=O)O)cc2)C1. The number of aromatic carboxylic acids is 1. The molecule has 0 saturated carbocycles. The van der Waals surface area contributed by atoms with Gasteiger partial charge in [0.1, 0.15) is 0 Å². The lowest BCUT2D eigenvalue weighted by atomic mass is 9.95. The van der Waals surface area contributed by atoms with E-state index < -0.39 is 5.97 Å². The van der Waals surface area contributed by atoms with Crippen LogP contribution in [0.2, 0.25) is 0 Å². The van der Waals surface area contributed by atoms with E-state index in [1.807, 2.05) is 19.1 Å². The summed E-state index contributed by atoms with van der Waals surface area (Å²) in [5.74, 6) is -0.881. The molecule has 1 saturated heterocycles. The number of nitrogens with zero attached hydrogens (tertiary/aromatic N) is 1. The van der Waals surface area contributed by atoms with Gasteiger partial charge >= 0.3 is 5.97 Å². The van der Waals surface area contributed by atoms with Crippen molar-refractivity contribution < 1.29 is 14.6 Å². The first kappa shape index (κ1) is 14.7. The minimum Gasteiger partial charge on any atom is -0.478 e. The monoisotopic (exact) mass is 375 g/mol. The molecule has 1 aliphatic rings. The first-order chi connectivity index (χ1) is 9.11. The number of carbonyl (C=O) groups is 1. The van der Waals surface area contributed by atoms with Crippen LogP contribution in [0.15, 0.2) is 24.3 Å². The van der Waals surface area contributed by atoms with Crippen LogP contribution in [0.3, 0.4) is 0 Å². The first-order valence-electron chi connectivity index (χ1n) is 6.49. The van der Waals surface area contributed by atoms with Crippen molar-refractivity contribution in [2.24, 2.45) is 0 Å². The smallest absolute Gasteiger partial charge is 0.335 e. The van der Waals surface area contributed by atoms with Crippen LogP contribution in [0.1, 0.15) is 41.7 Å². The van der Waals surface area contributed by atoms with Crippen molar-refractivity contribution in [3.05, 3.63) is 35.4 Å². The van der Waals surface area contributed by atoms with Crippen molar-refractivity contribution in [2.45, 2.75) is 31.9 Å². The molecule has 0 aromatic heterocycles. The number of benzene rings is 1. The average Bonchev–Trinajstić information content (AvgIpc) is 2.41. The van der Waals surface area contributed by atoms with E-state index in [1.165, 1.54) is 0 Å². The molecule has 19 heavy (non-hydrogen) atoms. The third kappa shape index (κ3) is 3.67. The van der Waals surface area contributed by atoms with Crippen molar-refractivity contribution >= 4 is 28.8 Å². The summed E-state index contributed by atoms with van der Waals surface area (Å²) in [6.07, 6.45) is 2.32. The van der Waals surface area contributed by atoms with Gasteiger partial charge in [-0.05, 0) is 37.5 Å². The highest BCUT2D eigenvalue weighted by molar-refractivity contribution is 14.1. The van der Waals surface area contributed by atoms with Crippen molar-refractivity contribution in [1.82, 2.24) is 3.11 Å². The number of halogens is 1. The summed E-state index contributed by atoms with van der Waals surface area (Å²) in [4.78, 5) is 10.9. The largest absolute Gasteiger partial charge is 0.478 e. The van der Waals surface area contributed by atoms with Crippen LogP contribution in [0.25, 0.3) is 0 Å². The van der Waals surface area contributed by atoms with Crippen molar-refractivity contribution in [3.63, 3.8) is 0 Å². The molecule has 1 aromatic carbocycles. The quantitative estimate of drug-likeness (QED) is 0.648. The Hall–Kier alpha value is -0.660. The van der Waals surface area contributed by atoms with Gasteiger partial charge in [0.2, 0.25) is 0 Å².